The highest BCUT2D eigenvalue weighted by Gasteiger charge is 2.28. The van der Waals surface area contributed by atoms with Crippen molar-refractivity contribution in [3.63, 3.8) is 0 Å². The molecule has 8 nitrogen and oxygen atoms in total. The lowest BCUT2D eigenvalue weighted by atomic mass is 10.2. The Balaban J connectivity index is 1.37. The van der Waals surface area contributed by atoms with Gasteiger partial charge in [0.25, 0.3) is 0 Å². The summed E-state index contributed by atoms with van der Waals surface area (Å²) < 4.78 is 2.67. The lowest BCUT2D eigenvalue weighted by Crippen LogP contribution is -2.29. The molecule has 2 aromatic rings. The van der Waals surface area contributed by atoms with Gasteiger partial charge in [-0.1, -0.05) is 33.8 Å². The zero-order chi connectivity index (χ0) is 18.5. The van der Waals surface area contributed by atoms with Crippen molar-refractivity contribution in [3.05, 3.63) is 28.2 Å². The molecule has 1 aromatic carbocycles. The molecule has 1 saturated carbocycles. The maximum absolute atomic E-state index is 12.0. The molecular weight excluding hydrogens is 420 g/mol. The molecule has 2 N–H and O–H groups in total. The zero-order valence-electron chi connectivity index (χ0n) is 14.2. The summed E-state index contributed by atoms with van der Waals surface area (Å²) in [5, 5.41) is 17.8. The van der Waals surface area contributed by atoms with Gasteiger partial charge < -0.3 is 10.6 Å². The number of thioether (sulfide) groups is 1. The third kappa shape index (κ3) is 5.28. The van der Waals surface area contributed by atoms with Crippen LogP contribution in [0.3, 0.4) is 0 Å². The molecule has 1 heterocycles. The van der Waals surface area contributed by atoms with Crippen LogP contribution < -0.4 is 10.6 Å². The van der Waals surface area contributed by atoms with E-state index in [1.54, 1.807) is 4.68 Å². The number of anilines is 1. The van der Waals surface area contributed by atoms with Crippen molar-refractivity contribution in [3.8, 4) is 0 Å². The van der Waals surface area contributed by atoms with Gasteiger partial charge in [-0.05, 0) is 47.9 Å². The van der Waals surface area contributed by atoms with Gasteiger partial charge in [0, 0.05) is 23.1 Å². The van der Waals surface area contributed by atoms with E-state index < -0.39 is 0 Å². The van der Waals surface area contributed by atoms with E-state index in [9.17, 15) is 9.59 Å². The summed E-state index contributed by atoms with van der Waals surface area (Å²) in [6, 6.07) is 6.07. The van der Waals surface area contributed by atoms with E-state index in [0.717, 1.165) is 28.6 Å². The molecule has 1 fully saturated rings. The molecule has 0 aliphatic heterocycles. The van der Waals surface area contributed by atoms with Crippen molar-refractivity contribution in [2.45, 2.75) is 37.4 Å². The Morgan fingerprint density at radius 3 is 2.92 bits per heavy atom. The molecule has 1 aliphatic rings. The number of benzene rings is 1. The topological polar surface area (TPSA) is 102 Å². The van der Waals surface area contributed by atoms with Crippen LogP contribution in [0.4, 0.5) is 5.69 Å². The second kappa shape index (κ2) is 8.63. The number of hydrogen-bond donors (Lipinski definition) is 2. The highest BCUT2D eigenvalue weighted by molar-refractivity contribution is 9.10. The maximum Gasteiger partial charge on any atom is 0.230 e. The van der Waals surface area contributed by atoms with Gasteiger partial charge in [-0.2, -0.15) is 0 Å². The van der Waals surface area contributed by atoms with Crippen molar-refractivity contribution in [2.75, 3.05) is 17.6 Å². The number of nitrogens with zero attached hydrogens (tertiary/aromatic N) is 4. The van der Waals surface area contributed by atoms with E-state index in [-0.39, 0.29) is 30.5 Å². The Morgan fingerprint density at radius 1 is 1.35 bits per heavy atom. The Kier molecular flexibility index (Phi) is 6.25. The van der Waals surface area contributed by atoms with Crippen LogP contribution in [-0.4, -0.2) is 44.3 Å². The summed E-state index contributed by atoms with van der Waals surface area (Å²) in [4.78, 5) is 23.9. The number of nitrogens with one attached hydrogen (secondary N) is 2. The molecule has 10 heteroatoms. The fraction of sp³-hybridized carbons (Fsp3) is 0.438. The van der Waals surface area contributed by atoms with Gasteiger partial charge in [-0.25, -0.2) is 4.68 Å². The number of amides is 2. The molecule has 1 aromatic heterocycles. The molecule has 0 unspecified atom stereocenters. The summed E-state index contributed by atoms with van der Waals surface area (Å²) >= 11 is 4.69. The molecule has 0 bridgehead atoms. The first-order valence-corrected chi connectivity index (χ1v) is 10.0. The predicted molar refractivity (Wildman–Crippen MR) is 102 cm³/mol. The van der Waals surface area contributed by atoms with E-state index >= 15 is 0 Å². The number of hydrogen-bond acceptors (Lipinski definition) is 6. The third-order valence-electron chi connectivity index (χ3n) is 3.84. The van der Waals surface area contributed by atoms with Crippen LogP contribution in [-0.2, 0) is 9.59 Å². The molecule has 26 heavy (non-hydrogen) atoms. The number of carbonyl (C=O) groups excluding carboxylic acids is 2. The van der Waals surface area contributed by atoms with Crippen molar-refractivity contribution in [1.29, 1.82) is 0 Å². The molecule has 0 atom stereocenters. The summed E-state index contributed by atoms with van der Waals surface area (Å²) in [7, 11) is 0. The van der Waals surface area contributed by atoms with E-state index in [1.807, 2.05) is 25.1 Å². The standard InChI is InChI=1S/C16H19BrN6O2S/c1-10-2-3-11(17)8-13(10)19-14(24)6-7-18-15(25)9-26-16-20-21-22-23(16)12-4-5-12/h2-3,8,12H,4-7,9H2,1H3,(H,18,25)(H,19,24). The van der Waals surface area contributed by atoms with Gasteiger partial charge in [-0.3, -0.25) is 9.59 Å². The van der Waals surface area contributed by atoms with Crippen molar-refractivity contribution in [2.24, 2.45) is 0 Å². The van der Waals surface area contributed by atoms with E-state index in [1.165, 1.54) is 11.8 Å². The molecule has 1 aliphatic carbocycles. The molecular formula is C16H19BrN6O2S. The minimum absolute atomic E-state index is 0.142. The number of aryl methyl sites for hydroxylation is 1. The number of halogens is 1. The smallest absolute Gasteiger partial charge is 0.230 e. The third-order valence-corrected chi connectivity index (χ3v) is 5.26. The highest BCUT2D eigenvalue weighted by Crippen LogP contribution is 2.36. The molecule has 0 radical (unpaired) electrons. The number of carbonyl (C=O) groups is 2. The van der Waals surface area contributed by atoms with Crippen molar-refractivity contribution < 1.29 is 9.59 Å². The minimum atomic E-state index is -0.146. The second-order valence-corrected chi connectivity index (χ2v) is 7.89. The Bertz CT molecular complexity index is 808. The average molecular weight is 439 g/mol. The number of aromatic nitrogens is 4. The molecule has 3 rings (SSSR count). The largest absolute Gasteiger partial charge is 0.355 e. The lowest BCUT2D eigenvalue weighted by molar-refractivity contribution is -0.119. The first kappa shape index (κ1) is 18.8. The molecule has 0 spiro atoms. The normalized spacial score (nSPS) is 13.5. The first-order chi connectivity index (χ1) is 12.5. The lowest BCUT2D eigenvalue weighted by Gasteiger charge is -2.09. The Morgan fingerprint density at radius 2 is 2.15 bits per heavy atom. The summed E-state index contributed by atoms with van der Waals surface area (Å²) in [5.41, 5.74) is 1.74. The maximum atomic E-state index is 12.0. The van der Waals surface area contributed by atoms with Crippen LogP contribution in [0.5, 0.6) is 0 Å². The quantitative estimate of drug-likeness (QED) is 0.613. The second-order valence-electron chi connectivity index (χ2n) is 6.03. The van der Waals surface area contributed by atoms with Gasteiger partial charge in [0.05, 0.1) is 11.8 Å². The average Bonchev–Trinajstić information content (AvgIpc) is 3.34. The summed E-state index contributed by atoms with van der Waals surface area (Å²) in [6.07, 6.45) is 2.37. The monoisotopic (exact) mass is 438 g/mol. The number of tetrazole rings is 1. The SMILES string of the molecule is Cc1ccc(Br)cc1NC(=O)CCNC(=O)CSc1nnnn1C1CC1. The minimum Gasteiger partial charge on any atom is -0.355 e. The van der Waals surface area contributed by atoms with Crippen LogP contribution in [0.1, 0.15) is 30.9 Å². The van der Waals surface area contributed by atoms with E-state index in [4.69, 9.17) is 0 Å². The van der Waals surface area contributed by atoms with Crippen molar-refractivity contribution in [1.82, 2.24) is 25.5 Å². The van der Waals surface area contributed by atoms with E-state index in [0.29, 0.717) is 11.2 Å². The van der Waals surface area contributed by atoms with Crippen LogP contribution in [0, 0.1) is 6.92 Å². The van der Waals surface area contributed by atoms with Gasteiger partial charge >= 0.3 is 0 Å². The van der Waals surface area contributed by atoms with Crippen molar-refractivity contribution >= 4 is 45.2 Å². The van der Waals surface area contributed by atoms with Crippen LogP contribution in [0.2, 0.25) is 0 Å². The first-order valence-electron chi connectivity index (χ1n) is 8.26. The Labute approximate surface area is 163 Å². The van der Waals surface area contributed by atoms with Gasteiger partial charge in [0.2, 0.25) is 17.0 Å². The molecule has 2 amide bonds. The fourth-order valence-electron chi connectivity index (χ4n) is 2.27. The van der Waals surface area contributed by atoms with Crippen LogP contribution in [0.15, 0.2) is 27.8 Å². The summed E-state index contributed by atoms with van der Waals surface area (Å²) in [5.74, 6) is -0.0666. The predicted octanol–water partition coefficient (Wildman–Crippen LogP) is 2.32. The molecule has 138 valence electrons. The van der Waals surface area contributed by atoms with Gasteiger partial charge in [0.1, 0.15) is 0 Å². The molecule has 0 saturated heterocycles. The number of rotatable bonds is 8. The van der Waals surface area contributed by atoms with Crippen LogP contribution in [0.25, 0.3) is 0 Å². The van der Waals surface area contributed by atoms with E-state index in [2.05, 4.69) is 42.1 Å². The fourth-order valence-corrected chi connectivity index (χ4v) is 3.40. The highest BCUT2D eigenvalue weighted by atomic mass is 79.9. The van der Waals surface area contributed by atoms with Gasteiger partial charge in [-0.15, -0.1) is 5.10 Å². The van der Waals surface area contributed by atoms with Gasteiger partial charge in [0.15, 0.2) is 0 Å². The zero-order valence-corrected chi connectivity index (χ0v) is 16.6. The summed E-state index contributed by atoms with van der Waals surface area (Å²) in [6.45, 7) is 2.21. The Hall–Kier alpha value is -1.94. The van der Waals surface area contributed by atoms with Crippen LogP contribution >= 0.6 is 27.7 Å².